The topological polar surface area (TPSA) is 123 Å². The minimum absolute atomic E-state index is 0.0280. The predicted octanol–water partition coefficient (Wildman–Crippen LogP) is 1.63. The van der Waals surface area contributed by atoms with Gasteiger partial charge in [0.25, 0.3) is 5.91 Å². The first-order valence-electron chi connectivity index (χ1n) is 9.82. The molecule has 0 bridgehead atoms. The van der Waals surface area contributed by atoms with Crippen LogP contribution < -0.4 is 14.9 Å². The van der Waals surface area contributed by atoms with Crippen molar-refractivity contribution < 1.29 is 32.6 Å². The predicted molar refractivity (Wildman–Crippen MR) is 109 cm³/mol. The van der Waals surface area contributed by atoms with Gasteiger partial charge in [0.05, 0.1) is 17.1 Å². The Hall–Kier alpha value is -2.50. The standard InChI is InChI=1S/C21H24N2O7S/c1-14-4-2-3-5-15(14)12-28-16-6-8-17(9-7-16)31(26,27)23-21(20(24)22-25)10-18-19(11-21)30-13-29-18/h2-9,18-19,23,25H,10-13H2,1H3,(H,22,24). The van der Waals surface area contributed by atoms with E-state index >= 15 is 0 Å². The first-order chi connectivity index (χ1) is 14.8. The van der Waals surface area contributed by atoms with Crippen LogP contribution in [0.3, 0.4) is 0 Å². The van der Waals surface area contributed by atoms with E-state index < -0.39 is 33.7 Å². The van der Waals surface area contributed by atoms with Crippen molar-refractivity contribution in [1.29, 1.82) is 0 Å². The molecule has 0 radical (unpaired) electrons. The van der Waals surface area contributed by atoms with Crippen LogP contribution in [0.4, 0.5) is 0 Å². The Morgan fingerprint density at radius 3 is 2.39 bits per heavy atom. The number of nitrogens with one attached hydrogen (secondary N) is 2. The van der Waals surface area contributed by atoms with Crippen LogP contribution in [-0.2, 0) is 30.9 Å². The van der Waals surface area contributed by atoms with Crippen molar-refractivity contribution in [2.45, 2.75) is 49.0 Å². The van der Waals surface area contributed by atoms with Gasteiger partial charge >= 0.3 is 0 Å². The number of fused-ring (bicyclic) bond motifs is 1. The SMILES string of the molecule is Cc1ccccc1COc1ccc(S(=O)(=O)NC2(C(=O)NO)CC3OCOC3C2)cc1. The zero-order valence-corrected chi connectivity index (χ0v) is 17.7. The summed E-state index contributed by atoms with van der Waals surface area (Å²) < 4.78 is 44.9. The molecule has 2 atom stereocenters. The first-order valence-corrected chi connectivity index (χ1v) is 11.3. The fraction of sp³-hybridized carbons (Fsp3) is 0.381. The first kappa shape index (κ1) is 21.7. The lowest BCUT2D eigenvalue weighted by Gasteiger charge is -2.28. The molecule has 1 aliphatic heterocycles. The van der Waals surface area contributed by atoms with E-state index in [9.17, 15) is 13.2 Å². The molecule has 10 heteroatoms. The van der Waals surface area contributed by atoms with E-state index in [0.29, 0.717) is 12.4 Å². The fourth-order valence-corrected chi connectivity index (χ4v) is 5.35. The van der Waals surface area contributed by atoms with Gasteiger partial charge in [-0.15, -0.1) is 0 Å². The van der Waals surface area contributed by atoms with Crippen LogP contribution in [-0.4, -0.2) is 44.1 Å². The van der Waals surface area contributed by atoms with Crippen molar-refractivity contribution in [3.8, 4) is 5.75 Å². The summed E-state index contributed by atoms with van der Waals surface area (Å²) in [5.41, 5.74) is 2.13. The summed E-state index contributed by atoms with van der Waals surface area (Å²) in [7, 11) is -4.07. The van der Waals surface area contributed by atoms with Crippen molar-refractivity contribution in [2.75, 3.05) is 6.79 Å². The van der Waals surface area contributed by atoms with E-state index in [1.807, 2.05) is 31.2 Å². The zero-order valence-electron chi connectivity index (χ0n) is 16.9. The molecule has 1 aliphatic carbocycles. The van der Waals surface area contributed by atoms with Gasteiger partial charge in [-0.05, 0) is 42.3 Å². The van der Waals surface area contributed by atoms with Crippen LogP contribution >= 0.6 is 0 Å². The minimum atomic E-state index is -4.07. The number of carbonyl (C=O) groups is 1. The van der Waals surface area contributed by atoms with Gasteiger partial charge in [-0.1, -0.05) is 24.3 Å². The highest BCUT2D eigenvalue weighted by molar-refractivity contribution is 7.89. The molecule has 31 heavy (non-hydrogen) atoms. The van der Waals surface area contributed by atoms with Gasteiger partial charge in [0, 0.05) is 12.8 Å². The van der Waals surface area contributed by atoms with Gasteiger partial charge in [-0.3, -0.25) is 10.0 Å². The molecule has 2 fully saturated rings. The molecule has 2 unspecified atom stereocenters. The smallest absolute Gasteiger partial charge is 0.264 e. The molecule has 1 saturated carbocycles. The summed E-state index contributed by atoms with van der Waals surface area (Å²) in [4.78, 5) is 12.3. The molecule has 2 aromatic carbocycles. The summed E-state index contributed by atoms with van der Waals surface area (Å²) in [5, 5.41) is 9.17. The molecule has 0 aromatic heterocycles. The fourth-order valence-electron chi connectivity index (χ4n) is 3.97. The quantitative estimate of drug-likeness (QED) is 0.435. The summed E-state index contributed by atoms with van der Waals surface area (Å²) in [6.07, 6.45) is -0.726. The second-order valence-electron chi connectivity index (χ2n) is 7.75. The molecule has 0 spiro atoms. The summed E-state index contributed by atoms with van der Waals surface area (Å²) in [5.74, 6) is -0.335. The maximum absolute atomic E-state index is 13.0. The molecule has 3 N–H and O–H groups in total. The van der Waals surface area contributed by atoms with Gasteiger partial charge in [-0.25, -0.2) is 13.9 Å². The largest absolute Gasteiger partial charge is 0.489 e. The molecular weight excluding hydrogens is 424 g/mol. The average molecular weight is 448 g/mol. The molecule has 2 aromatic rings. The second-order valence-corrected chi connectivity index (χ2v) is 9.43. The van der Waals surface area contributed by atoms with Crippen molar-refractivity contribution in [3.63, 3.8) is 0 Å². The van der Waals surface area contributed by atoms with Crippen LogP contribution in [0.25, 0.3) is 0 Å². The average Bonchev–Trinajstić information content (AvgIpc) is 3.32. The normalized spacial score (nSPS) is 25.2. The number of rotatable bonds is 7. The third kappa shape index (κ3) is 4.43. The number of benzene rings is 2. The van der Waals surface area contributed by atoms with Crippen molar-refractivity contribution >= 4 is 15.9 Å². The highest BCUT2D eigenvalue weighted by Gasteiger charge is 2.55. The number of sulfonamides is 1. The monoisotopic (exact) mass is 448 g/mol. The molecule has 1 amide bonds. The summed E-state index contributed by atoms with van der Waals surface area (Å²) in [6, 6.07) is 13.8. The van der Waals surface area contributed by atoms with Crippen molar-refractivity contribution in [2.24, 2.45) is 0 Å². The number of amides is 1. The lowest BCUT2D eigenvalue weighted by Crippen LogP contribution is -2.57. The number of hydroxylamine groups is 1. The van der Waals surface area contributed by atoms with Gasteiger partial charge in [0.2, 0.25) is 10.0 Å². The van der Waals surface area contributed by atoms with E-state index in [1.165, 1.54) is 12.1 Å². The van der Waals surface area contributed by atoms with Gasteiger partial charge in [-0.2, -0.15) is 4.72 Å². The second kappa shape index (κ2) is 8.56. The third-order valence-corrected chi connectivity index (χ3v) is 7.29. The van der Waals surface area contributed by atoms with Gasteiger partial charge in [0.1, 0.15) is 24.7 Å². The molecule has 166 valence electrons. The maximum atomic E-state index is 13.0. The number of hydrogen-bond acceptors (Lipinski definition) is 7. The van der Waals surface area contributed by atoms with Crippen molar-refractivity contribution in [1.82, 2.24) is 10.2 Å². The van der Waals surface area contributed by atoms with Crippen molar-refractivity contribution in [3.05, 3.63) is 59.7 Å². The Morgan fingerprint density at radius 2 is 1.77 bits per heavy atom. The Labute approximate surface area is 180 Å². The molecule has 9 nitrogen and oxygen atoms in total. The van der Waals surface area contributed by atoms with E-state index in [0.717, 1.165) is 11.1 Å². The minimum Gasteiger partial charge on any atom is -0.489 e. The van der Waals surface area contributed by atoms with Crippen LogP contribution in [0.2, 0.25) is 0 Å². The zero-order chi connectivity index (χ0) is 22.1. The Kier molecular flexibility index (Phi) is 6.00. The number of ether oxygens (including phenoxy) is 3. The van der Waals surface area contributed by atoms with Crippen LogP contribution in [0.15, 0.2) is 53.4 Å². The molecule has 1 heterocycles. The third-order valence-electron chi connectivity index (χ3n) is 5.73. The van der Waals surface area contributed by atoms with E-state index in [2.05, 4.69) is 4.72 Å². The van der Waals surface area contributed by atoms with Gasteiger partial charge < -0.3 is 14.2 Å². The maximum Gasteiger partial charge on any atom is 0.264 e. The van der Waals surface area contributed by atoms with Crippen LogP contribution in [0.5, 0.6) is 5.75 Å². The Balaban J connectivity index is 1.48. The van der Waals surface area contributed by atoms with Crippen LogP contribution in [0.1, 0.15) is 24.0 Å². The molecule has 1 saturated heterocycles. The molecule has 2 aliphatic rings. The van der Waals surface area contributed by atoms with E-state index in [1.54, 1.807) is 17.6 Å². The molecule has 4 rings (SSSR count). The van der Waals surface area contributed by atoms with Crippen LogP contribution in [0, 0.1) is 6.92 Å². The Bertz CT molecular complexity index is 1040. The Morgan fingerprint density at radius 1 is 1.13 bits per heavy atom. The van der Waals surface area contributed by atoms with E-state index in [4.69, 9.17) is 19.4 Å². The lowest BCUT2D eigenvalue weighted by molar-refractivity contribution is -0.136. The molecular formula is C21H24N2O7S. The number of carbonyl (C=O) groups excluding carboxylic acids is 1. The highest BCUT2D eigenvalue weighted by atomic mass is 32.2. The number of aryl methyl sites for hydroxylation is 1. The van der Waals surface area contributed by atoms with E-state index in [-0.39, 0.29) is 24.5 Å². The highest BCUT2D eigenvalue weighted by Crippen LogP contribution is 2.38. The summed E-state index contributed by atoms with van der Waals surface area (Å²) >= 11 is 0. The number of hydrogen-bond donors (Lipinski definition) is 3. The van der Waals surface area contributed by atoms with Gasteiger partial charge in [0.15, 0.2) is 0 Å². The summed E-state index contributed by atoms with van der Waals surface area (Å²) in [6.45, 7) is 2.45. The lowest BCUT2D eigenvalue weighted by atomic mass is 9.98.